The Morgan fingerprint density at radius 2 is 2.10 bits per heavy atom. The average molecular weight is 280 g/mol. The molecule has 0 aromatic carbocycles. The second-order valence-corrected chi connectivity index (χ2v) is 7.33. The first kappa shape index (κ1) is 15.4. The summed E-state index contributed by atoms with van der Waals surface area (Å²) < 4.78 is 8.20. The first-order valence-electron chi connectivity index (χ1n) is 7.50. The van der Waals surface area contributed by atoms with E-state index in [0.717, 1.165) is 25.3 Å². The molecule has 5 heteroatoms. The molecule has 1 aromatic heterocycles. The van der Waals surface area contributed by atoms with E-state index in [1.54, 1.807) is 6.33 Å². The van der Waals surface area contributed by atoms with Gasteiger partial charge in [-0.2, -0.15) is 5.10 Å². The maximum Gasteiger partial charge on any atom is 0.141 e. The fourth-order valence-corrected chi connectivity index (χ4v) is 3.05. The lowest BCUT2D eigenvalue weighted by Crippen LogP contribution is -2.33. The number of nitrogens with one attached hydrogen (secondary N) is 1. The summed E-state index contributed by atoms with van der Waals surface area (Å²) in [4.78, 5) is 4.40. The molecule has 1 atom stereocenters. The van der Waals surface area contributed by atoms with E-state index in [9.17, 15) is 0 Å². The second-order valence-electron chi connectivity index (χ2n) is 7.33. The van der Waals surface area contributed by atoms with Crippen LogP contribution in [0.25, 0.3) is 0 Å². The molecular weight excluding hydrogens is 252 g/mol. The fourth-order valence-electron chi connectivity index (χ4n) is 3.05. The number of ether oxygens (including phenoxy) is 1. The minimum atomic E-state index is -0.218. The molecule has 1 aromatic rings. The lowest BCUT2D eigenvalue weighted by atomic mass is 9.94. The van der Waals surface area contributed by atoms with Crippen LogP contribution in [0.2, 0.25) is 0 Å². The van der Waals surface area contributed by atoms with Crippen molar-refractivity contribution >= 4 is 0 Å². The van der Waals surface area contributed by atoms with Crippen LogP contribution in [-0.2, 0) is 11.3 Å². The topological polar surface area (TPSA) is 52.0 Å². The number of hydrogen-bond donors (Lipinski definition) is 1. The quantitative estimate of drug-likeness (QED) is 0.900. The van der Waals surface area contributed by atoms with E-state index in [-0.39, 0.29) is 17.2 Å². The van der Waals surface area contributed by atoms with Crippen molar-refractivity contribution in [2.45, 2.75) is 71.8 Å². The van der Waals surface area contributed by atoms with Crippen LogP contribution in [0.4, 0.5) is 0 Å². The van der Waals surface area contributed by atoms with Gasteiger partial charge in [0.2, 0.25) is 0 Å². The Morgan fingerprint density at radius 3 is 2.65 bits per heavy atom. The van der Waals surface area contributed by atoms with Gasteiger partial charge in [0.25, 0.3) is 0 Å². The highest BCUT2D eigenvalue weighted by Gasteiger charge is 2.47. The van der Waals surface area contributed by atoms with Gasteiger partial charge in [-0.25, -0.2) is 9.67 Å². The third-order valence-electron chi connectivity index (χ3n) is 3.80. The van der Waals surface area contributed by atoms with Gasteiger partial charge >= 0.3 is 0 Å². The zero-order valence-corrected chi connectivity index (χ0v) is 13.6. The molecule has 1 aliphatic heterocycles. The molecule has 0 amide bonds. The van der Waals surface area contributed by atoms with Crippen molar-refractivity contribution in [3.63, 3.8) is 0 Å². The lowest BCUT2D eigenvalue weighted by molar-refractivity contribution is -0.0740. The van der Waals surface area contributed by atoms with Gasteiger partial charge < -0.3 is 10.1 Å². The second kappa shape index (κ2) is 5.45. The minimum absolute atomic E-state index is 0.108. The number of aromatic nitrogens is 3. The highest BCUT2D eigenvalue weighted by atomic mass is 16.5. The standard InChI is InChI=1S/C15H28N4O/c1-11(2)8-16-9-13-17-10-18-19(13)12-7-14(3,4)20-15(12,5)6/h10-12,16H,7-9H2,1-6H3. The Morgan fingerprint density at radius 1 is 1.40 bits per heavy atom. The third-order valence-corrected chi connectivity index (χ3v) is 3.80. The molecule has 20 heavy (non-hydrogen) atoms. The Bertz CT molecular complexity index is 450. The molecule has 1 aliphatic rings. The molecule has 0 saturated carbocycles. The van der Waals surface area contributed by atoms with Crippen molar-refractivity contribution in [1.82, 2.24) is 20.1 Å². The minimum Gasteiger partial charge on any atom is -0.367 e. The number of hydrogen-bond acceptors (Lipinski definition) is 4. The van der Waals surface area contributed by atoms with Gasteiger partial charge in [-0.1, -0.05) is 13.8 Å². The SMILES string of the molecule is CC(C)CNCc1ncnn1C1CC(C)(C)OC1(C)C. The molecule has 114 valence electrons. The summed E-state index contributed by atoms with van der Waals surface area (Å²) >= 11 is 0. The van der Waals surface area contributed by atoms with Gasteiger partial charge in [-0.05, 0) is 40.2 Å². The molecule has 1 N–H and O–H groups in total. The molecule has 2 heterocycles. The average Bonchev–Trinajstić information content (AvgIpc) is 2.79. The van der Waals surface area contributed by atoms with Gasteiger partial charge in [0.05, 0.1) is 23.8 Å². The van der Waals surface area contributed by atoms with Crippen LogP contribution in [0, 0.1) is 5.92 Å². The predicted octanol–water partition coefficient (Wildman–Crippen LogP) is 2.54. The Labute approximate surface area is 122 Å². The maximum atomic E-state index is 6.16. The van der Waals surface area contributed by atoms with Gasteiger partial charge in [-0.3, -0.25) is 0 Å². The fraction of sp³-hybridized carbons (Fsp3) is 0.867. The van der Waals surface area contributed by atoms with Crippen LogP contribution in [0.1, 0.15) is 59.8 Å². The Hall–Kier alpha value is -0.940. The normalized spacial score (nSPS) is 24.4. The zero-order chi connectivity index (χ0) is 15.0. The van der Waals surface area contributed by atoms with E-state index in [0.29, 0.717) is 5.92 Å². The van der Waals surface area contributed by atoms with Crippen LogP contribution >= 0.6 is 0 Å². The van der Waals surface area contributed by atoms with E-state index in [2.05, 4.69) is 56.9 Å². The molecule has 5 nitrogen and oxygen atoms in total. The summed E-state index contributed by atoms with van der Waals surface area (Å²) in [5.41, 5.74) is -0.327. The summed E-state index contributed by atoms with van der Waals surface area (Å²) in [5, 5.41) is 7.88. The highest BCUT2D eigenvalue weighted by molar-refractivity contribution is 5.01. The van der Waals surface area contributed by atoms with Gasteiger partial charge in [0.1, 0.15) is 12.2 Å². The van der Waals surface area contributed by atoms with Crippen LogP contribution < -0.4 is 5.32 Å². The molecular formula is C15H28N4O. The molecule has 1 unspecified atom stereocenters. The summed E-state index contributed by atoms with van der Waals surface area (Å²) in [5.74, 6) is 1.63. The predicted molar refractivity (Wildman–Crippen MR) is 79.5 cm³/mol. The van der Waals surface area contributed by atoms with Crippen molar-refractivity contribution in [2.75, 3.05) is 6.54 Å². The molecule has 1 fully saturated rings. The van der Waals surface area contributed by atoms with Crippen LogP contribution in [-0.4, -0.2) is 32.5 Å². The summed E-state index contributed by atoms with van der Waals surface area (Å²) in [6.45, 7) is 14.7. The lowest BCUT2D eigenvalue weighted by Gasteiger charge is -2.27. The first-order chi connectivity index (χ1) is 9.21. The van der Waals surface area contributed by atoms with Crippen molar-refractivity contribution in [3.05, 3.63) is 12.2 Å². The molecule has 2 rings (SSSR count). The van der Waals surface area contributed by atoms with Crippen molar-refractivity contribution in [2.24, 2.45) is 5.92 Å². The van der Waals surface area contributed by atoms with Crippen molar-refractivity contribution < 1.29 is 4.74 Å². The van der Waals surface area contributed by atoms with Gasteiger partial charge in [0, 0.05) is 6.42 Å². The van der Waals surface area contributed by atoms with Gasteiger partial charge in [0.15, 0.2) is 0 Å². The number of nitrogens with zero attached hydrogens (tertiary/aromatic N) is 3. The monoisotopic (exact) mass is 280 g/mol. The van der Waals surface area contributed by atoms with Crippen LogP contribution in [0.15, 0.2) is 6.33 Å². The third kappa shape index (κ3) is 3.38. The highest BCUT2D eigenvalue weighted by Crippen LogP contribution is 2.44. The molecule has 0 radical (unpaired) electrons. The van der Waals surface area contributed by atoms with E-state index in [1.807, 2.05) is 4.68 Å². The maximum absolute atomic E-state index is 6.16. The Balaban J connectivity index is 2.11. The van der Waals surface area contributed by atoms with Crippen molar-refractivity contribution in [1.29, 1.82) is 0 Å². The molecule has 0 aliphatic carbocycles. The smallest absolute Gasteiger partial charge is 0.141 e. The van der Waals surface area contributed by atoms with Crippen LogP contribution in [0.3, 0.4) is 0 Å². The van der Waals surface area contributed by atoms with Crippen molar-refractivity contribution in [3.8, 4) is 0 Å². The van der Waals surface area contributed by atoms with E-state index in [4.69, 9.17) is 4.74 Å². The summed E-state index contributed by atoms with van der Waals surface area (Å²) in [6.07, 6.45) is 2.61. The molecule has 1 saturated heterocycles. The largest absolute Gasteiger partial charge is 0.367 e. The molecule has 0 bridgehead atoms. The van der Waals surface area contributed by atoms with E-state index >= 15 is 0 Å². The summed E-state index contributed by atoms with van der Waals surface area (Å²) in [7, 11) is 0. The van der Waals surface area contributed by atoms with E-state index < -0.39 is 0 Å². The summed E-state index contributed by atoms with van der Waals surface area (Å²) in [6, 6.07) is 0.232. The molecule has 0 spiro atoms. The Kier molecular flexibility index (Phi) is 4.21. The van der Waals surface area contributed by atoms with Crippen LogP contribution in [0.5, 0.6) is 0 Å². The first-order valence-corrected chi connectivity index (χ1v) is 7.50. The van der Waals surface area contributed by atoms with E-state index in [1.165, 1.54) is 0 Å². The number of rotatable bonds is 5. The zero-order valence-electron chi connectivity index (χ0n) is 13.6. The van der Waals surface area contributed by atoms with Gasteiger partial charge in [-0.15, -0.1) is 0 Å².